The third-order valence-electron chi connectivity index (χ3n) is 4.47. The van der Waals surface area contributed by atoms with Gasteiger partial charge in [0.25, 0.3) is 5.69 Å². The molecule has 0 radical (unpaired) electrons. The fourth-order valence-electron chi connectivity index (χ4n) is 3.14. The van der Waals surface area contributed by atoms with Crippen LogP contribution in [0.4, 0.5) is 5.69 Å². The monoisotopic (exact) mass is 369 g/mol. The van der Waals surface area contributed by atoms with Gasteiger partial charge in [-0.3, -0.25) is 14.9 Å². The summed E-state index contributed by atoms with van der Waals surface area (Å²) >= 11 is 0. The summed E-state index contributed by atoms with van der Waals surface area (Å²) in [6.07, 6.45) is 2.07. The highest BCUT2D eigenvalue weighted by atomic mass is 16.6. The van der Waals surface area contributed by atoms with E-state index in [-0.39, 0.29) is 12.3 Å². The van der Waals surface area contributed by atoms with E-state index in [0.29, 0.717) is 29.2 Å². The van der Waals surface area contributed by atoms with Crippen molar-refractivity contribution in [3.63, 3.8) is 0 Å². The van der Waals surface area contributed by atoms with Crippen molar-refractivity contribution in [2.75, 3.05) is 0 Å². The van der Waals surface area contributed by atoms with Crippen LogP contribution in [0.1, 0.15) is 37.5 Å². The van der Waals surface area contributed by atoms with E-state index in [0.717, 1.165) is 0 Å². The fourth-order valence-corrected chi connectivity index (χ4v) is 3.14. The van der Waals surface area contributed by atoms with Gasteiger partial charge in [0.1, 0.15) is 18.3 Å². The number of benzene rings is 1. The molecule has 0 aliphatic carbocycles. The van der Waals surface area contributed by atoms with Crippen LogP contribution in [-0.2, 0) is 16.1 Å². The fraction of sp³-hybridized carbons (Fsp3) is 0.316. The van der Waals surface area contributed by atoms with Crippen LogP contribution >= 0.6 is 0 Å². The maximum atomic E-state index is 12.8. The molecule has 8 heteroatoms. The highest BCUT2D eigenvalue weighted by molar-refractivity contribution is 6.10. The Hall–Kier alpha value is -3.29. The number of carbonyl (C=O) groups is 1. The molecule has 0 N–H and O–H groups in total. The van der Waals surface area contributed by atoms with Crippen molar-refractivity contribution in [1.29, 1.82) is 0 Å². The maximum absolute atomic E-state index is 12.8. The molecule has 1 aliphatic heterocycles. The topological polar surface area (TPSA) is 107 Å². The molecule has 8 nitrogen and oxygen atoms in total. The smallest absolute Gasteiger partial charge is 0.316 e. The zero-order chi connectivity index (χ0) is 19.4. The first-order valence-corrected chi connectivity index (χ1v) is 8.55. The van der Waals surface area contributed by atoms with Gasteiger partial charge in [0, 0.05) is 23.8 Å². The summed E-state index contributed by atoms with van der Waals surface area (Å²) in [4.78, 5) is 23.5. The van der Waals surface area contributed by atoms with Crippen molar-refractivity contribution in [2.45, 2.75) is 32.8 Å². The van der Waals surface area contributed by atoms with Gasteiger partial charge in [-0.05, 0) is 31.0 Å². The highest BCUT2D eigenvalue weighted by Gasteiger charge is 2.39. The number of nitro benzene ring substituents is 1. The van der Waals surface area contributed by atoms with Crippen molar-refractivity contribution in [3.8, 4) is 0 Å². The van der Waals surface area contributed by atoms with Crippen molar-refractivity contribution in [2.24, 2.45) is 16.1 Å². The lowest BCUT2D eigenvalue weighted by Crippen LogP contribution is -2.36. The molecule has 0 saturated carbocycles. The molecule has 1 aromatic carbocycles. The van der Waals surface area contributed by atoms with Gasteiger partial charge in [-0.15, -0.1) is 0 Å². The summed E-state index contributed by atoms with van der Waals surface area (Å²) in [7, 11) is 0. The zero-order valence-corrected chi connectivity index (χ0v) is 15.0. The number of carbonyl (C=O) groups excluding carboxylic acids is 1. The molecular weight excluding hydrogens is 350 g/mol. The number of hydrogen-bond donors (Lipinski definition) is 0. The Morgan fingerprint density at radius 2 is 2.11 bits per heavy atom. The Labute approximate surface area is 155 Å². The van der Waals surface area contributed by atoms with E-state index in [9.17, 15) is 14.9 Å². The molecule has 0 spiro atoms. The molecule has 0 bridgehead atoms. The number of nitrogens with zero attached hydrogens (tertiary/aromatic N) is 3. The van der Waals surface area contributed by atoms with Crippen molar-refractivity contribution in [1.82, 2.24) is 0 Å². The van der Waals surface area contributed by atoms with Gasteiger partial charge in [-0.2, -0.15) is 10.2 Å². The van der Waals surface area contributed by atoms with E-state index in [1.807, 2.05) is 6.92 Å². The van der Waals surface area contributed by atoms with Gasteiger partial charge in [-0.25, -0.2) is 0 Å². The molecule has 0 saturated heterocycles. The second kappa shape index (κ2) is 7.94. The van der Waals surface area contributed by atoms with Crippen molar-refractivity contribution >= 4 is 23.1 Å². The minimum absolute atomic E-state index is 0.00979. The summed E-state index contributed by atoms with van der Waals surface area (Å²) < 4.78 is 10.6. The molecule has 1 aliphatic rings. The molecule has 0 fully saturated rings. The Morgan fingerprint density at radius 1 is 1.30 bits per heavy atom. The summed E-state index contributed by atoms with van der Waals surface area (Å²) in [5, 5.41) is 19.5. The van der Waals surface area contributed by atoms with Crippen molar-refractivity contribution < 1.29 is 18.9 Å². The van der Waals surface area contributed by atoms with Crippen LogP contribution in [-0.4, -0.2) is 22.3 Å². The lowest BCUT2D eigenvalue weighted by atomic mass is 9.78. The van der Waals surface area contributed by atoms with Gasteiger partial charge in [0.2, 0.25) is 0 Å². The molecule has 2 unspecified atom stereocenters. The first kappa shape index (κ1) is 18.5. The van der Waals surface area contributed by atoms with Crippen LogP contribution in [0.15, 0.2) is 57.3 Å². The number of non-ortho nitro benzene ring substituents is 1. The molecule has 1 aromatic heterocycles. The number of hydrogen-bond acceptors (Lipinski definition) is 7. The number of furan rings is 1. The van der Waals surface area contributed by atoms with Crippen LogP contribution in [0, 0.1) is 16.0 Å². The summed E-state index contributed by atoms with van der Waals surface area (Å²) in [5.41, 5.74) is 1.79. The highest BCUT2D eigenvalue weighted by Crippen LogP contribution is 2.34. The summed E-state index contributed by atoms with van der Waals surface area (Å²) in [6, 6.07) is 9.68. The predicted molar refractivity (Wildman–Crippen MR) is 98.7 cm³/mol. The third kappa shape index (κ3) is 3.94. The number of ether oxygens (including phenoxy) is 1. The lowest BCUT2D eigenvalue weighted by Gasteiger charge is -2.29. The maximum Gasteiger partial charge on any atom is 0.316 e. The minimum atomic E-state index is -0.700. The van der Waals surface area contributed by atoms with Crippen LogP contribution < -0.4 is 0 Å². The Bertz CT molecular complexity index is 902. The molecule has 0 amide bonds. The first-order chi connectivity index (χ1) is 13.0. The van der Waals surface area contributed by atoms with E-state index in [1.54, 1.807) is 31.2 Å². The second-order valence-electron chi connectivity index (χ2n) is 6.18. The number of nitro groups is 1. The largest absolute Gasteiger partial charge is 0.466 e. The number of esters is 1. The van der Waals surface area contributed by atoms with E-state index < -0.39 is 22.7 Å². The SMILES string of the molecule is CCC1=NN=C(C)C(C(=O)OCc2ccco2)C1c1cccc([N+](=O)[O-])c1. The average molecular weight is 369 g/mol. The Morgan fingerprint density at radius 3 is 2.78 bits per heavy atom. The Balaban J connectivity index is 1.92. The van der Waals surface area contributed by atoms with Crippen LogP contribution in [0.5, 0.6) is 0 Å². The summed E-state index contributed by atoms with van der Waals surface area (Å²) in [5.74, 6) is -1.10. The molecule has 27 heavy (non-hydrogen) atoms. The number of rotatable bonds is 6. The van der Waals surface area contributed by atoms with Crippen LogP contribution in [0.3, 0.4) is 0 Å². The molecule has 140 valence electrons. The minimum Gasteiger partial charge on any atom is -0.466 e. The van der Waals surface area contributed by atoms with Crippen LogP contribution in [0.25, 0.3) is 0 Å². The molecule has 3 rings (SSSR count). The predicted octanol–water partition coefficient (Wildman–Crippen LogP) is 3.87. The first-order valence-electron chi connectivity index (χ1n) is 8.55. The van der Waals surface area contributed by atoms with E-state index in [1.165, 1.54) is 18.4 Å². The van der Waals surface area contributed by atoms with E-state index >= 15 is 0 Å². The normalized spacial score (nSPS) is 19.2. The molecule has 2 heterocycles. The zero-order valence-electron chi connectivity index (χ0n) is 15.0. The van der Waals surface area contributed by atoms with Gasteiger partial charge in [0.05, 0.1) is 16.9 Å². The van der Waals surface area contributed by atoms with Gasteiger partial charge in [0.15, 0.2) is 0 Å². The quantitative estimate of drug-likeness (QED) is 0.436. The lowest BCUT2D eigenvalue weighted by molar-refractivity contribution is -0.384. The molecule has 2 aromatic rings. The molecule has 2 atom stereocenters. The second-order valence-corrected chi connectivity index (χ2v) is 6.18. The average Bonchev–Trinajstić information content (AvgIpc) is 3.19. The van der Waals surface area contributed by atoms with E-state index in [4.69, 9.17) is 9.15 Å². The summed E-state index contributed by atoms with van der Waals surface area (Å²) in [6.45, 7) is 3.62. The van der Waals surface area contributed by atoms with Gasteiger partial charge < -0.3 is 9.15 Å². The van der Waals surface area contributed by atoms with Gasteiger partial charge in [-0.1, -0.05) is 19.1 Å². The van der Waals surface area contributed by atoms with Crippen LogP contribution in [0.2, 0.25) is 0 Å². The third-order valence-corrected chi connectivity index (χ3v) is 4.47. The Kier molecular flexibility index (Phi) is 5.44. The molecular formula is C19H19N3O5. The van der Waals surface area contributed by atoms with E-state index in [2.05, 4.69) is 10.2 Å². The standard InChI is InChI=1S/C19H19N3O5/c1-3-16-18(13-6-4-7-14(10-13)22(24)25)17(12(2)20-21-16)19(23)27-11-15-8-5-9-26-15/h4-10,17-18H,3,11H2,1-2H3. The van der Waals surface area contributed by atoms with Crippen molar-refractivity contribution in [3.05, 3.63) is 64.1 Å². The van der Waals surface area contributed by atoms with Gasteiger partial charge >= 0.3 is 5.97 Å².